The quantitative estimate of drug-likeness (QED) is 0.0261. The van der Waals surface area contributed by atoms with Crippen molar-refractivity contribution in [3.63, 3.8) is 0 Å². The lowest BCUT2D eigenvalue weighted by Gasteiger charge is -2.18. The van der Waals surface area contributed by atoms with Crippen molar-refractivity contribution < 1.29 is 28.6 Å². The fourth-order valence-corrected chi connectivity index (χ4v) is 9.66. The summed E-state index contributed by atoms with van der Waals surface area (Å²) in [6.45, 7) is 6.42. The maximum atomic E-state index is 12.9. The van der Waals surface area contributed by atoms with Gasteiger partial charge in [-0.1, -0.05) is 297 Å². The summed E-state index contributed by atoms with van der Waals surface area (Å²) >= 11 is 0. The second-order valence-electron chi connectivity index (χ2n) is 22.7. The molecule has 0 amide bonds. The molecule has 0 aliphatic carbocycles. The monoisotopic (exact) mass is 1120 g/mol. The van der Waals surface area contributed by atoms with Crippen molar-refractivity contribution in [3.05, 3.63) is 109 Å². The number of hydrogen-bond donors (Lipinski definition) is 0. The van der Waals surface area contributed by atoms with Gasteiger partial charge in [-0.25, -0.2) is 0 Å². The van der Waals surface area contributed by atoms with Gasteiger partial charge in [-0.05, 0) is 122 Å². The molecule has 464 valence electrons. The first-order valence-corrected chi connectivity index (χ1v) is 34.4. The second kappa shape index (κ2) is 68.6. The molecule has 0 saturated heterocycles. The predicted molar refractivity (Wildman–Crippen MR) is 353 cm³/mol. The van der Waals surface area contributed by atoms with Gasteiger partial charge in [0.2, 0.25) is 0 Å². The van der Waals surface area contributed by atoms with E-state index in [0.717, 1.165) is 116 Å². The zero-order chi connectivity index (χ0) is 58.5. The van der Waals surface area contributed by atoms with Gasteiger partial charge in [0, 0.05) is 19.3 Å². The molecule has 0 aromatic carbocycles. The highest BCUT2D eigenvalue weighted by Gasteiger charge is 2.19. The van der Waals surface area contributed by atoms with Crippen LogP contribution in [-0.2, 0) is 28.6 Å². The smallest absolute Gasteiger partial charge is 0.306 e. The van der Waals surface area contributed by atoms with E-state index in [1.165, 1.54) is 173 Å². The highest BCUT2D eigenvalue weighted by atomic mass is 16.6. The number of allylic oxidation sites excluding steroid dienone is 18. The molecule has 0 rings (SSSR count). The number of esters is 3. The second-order valence-corrected chi connectivity index (χ2v) is 22.7. The lowest BCUT2D eigenvalue weighted by molar-refractivity contribution is -0.167. The molecular formula is C75H128O6. The summed E-state index contributed by atoms with van der Waals surface area (Å²) in [7, 11) is 0. The van der Waals surface area contributed by atoms with Crippen LogP contribution in [0.15, 0.2) is 109 Å². The van der Waals surface area contributed by atoms with Gasteiger partial charge < -0.3 is 14.2 Å². The molecule has 0 aliphatic heterocycles. The van der Waals surface area contributed by atoms with Crippen LogP contribution >= 0.6 is 0 Å². The minimum atomic E-state index is -0.786. The van der Waals surface area contributed by atoms with Gasteiger partial charge in [-0.3, -0.25) is 14.4 Å². The molecule has 0 aliphatic rings. The van der Waals surface area contributed by atoms with E-state index >= 15 is 0 Å². The maximum absolute atomic E-state index is 12.9. The van der Waals surface area contributed by atoms with Gasteiger partial charge in [0.25, 0.3) is 0 Å². The zero-order valence-corrected chi connectivity index (χ0v) is 53.3. The lowest BCUT2D eigenvalue weighted by atomic mass is 10.0. The van der Waals surface area contributed by atoms with Crippen LogP contribution in [0.5, 0.6) is 0 Å². The number of rotatable bonds is 62. The van der Waals surface area contributed by atoms with Crippen molar-refractivity contribution in [1.29, 1.82) is 0 Å². The van der Waals surface area contributed by atoms with E-state index in [1.54, 1.807) is 0 Å². The Kier molecular flexibility index (Phi) is 65.2. The Morgan fingerprint density at radius 2 is 0.481 bits per heavy atom. The van der Waals surface area contributed by atoms with Crippen molar-refractivity contribution in [2.24, 2.45) is 0 Å². The first-order chi connectivity index (χ1) is 40.0. The van der Waals surface area contributed by atoms with Crippen molar-refractivity contribution in [2.75, 3.05) is 13.2 Å². The van der Waals surface area contributed by atoms with Crippen LogP contribution in [0.4, 0.5) is 0 Å². The van der Waals surface area contributed by atoms with Crippen molar-refractivity contribution >= 4 is 17.9 Å². The summed E-state index contributed by atoms with van der Waals surface area (Å²) < 4.78 is 17.0. The highest BCUT2D eigenvalue weighted by Crippen LogP contribution is 2.17. The SMILES string of the molecule is CC/C=C\C/C=C\C/C=C\C/C=C\CCCCCCCCCCCCCCCCC(=O)OCC(COC(=O)CCCCCCC/C=C\CCCCCC)OC(=O)CCCCCCCCCCCC/C=C\C/C=C\C/C=C\C/C=C\CC. The average molecular weight is 1130 g/mol. The highest BCUT2D eigenvalue weighted by molar-refractivity contribution is 5.71. The number of carbonyl (C=O) groups is 3. The fraction of sp³-hybridized carbons (Fsp3) is 0.720. The maximum Gasteiger partial charge on any atom is 0.306 e. The predicted octanol–water partition coefficient (Wildman–Crippen LogP) is 23.8. The first-order valence-electron chi connectivity index (χ1n) is 34.4. The topological polar surface area (TPSA) is 78.9 Å². The van der Waals surface area contributed by atoms with Crippen LogP contribution in [-0.4, -0.2) is 37.2 Å². The molecule has 0 heterocycles. The molecule has 1 atom stereocenters. The molecule has 0 N–H and O–H groups in total. The Labute approximate surface area is 501 Å². The lowest BCUT2D eigenvalue weighted by Crippen LogP contribution is -2.30. The van der Waals surface area contributed by atoms with E-state index in [1.807, 2.05) is 0 Å². The number of unbranched alkanes of at least 4 members (excludes halogenated alkanes) is 33. The van der Waals surface area contributed by atoms with Gasteiger partial charge >= 0.3 is 17.9 Å². The van der Waals surface area contributed by atoms with E-state index in [-0.39, 0.29) is 31.1 Å². The van der Waals surface area contributed by atoms with Crippen LogP contribution in [0.3, 0.4) is 0 Å². The third kappa shape index (κ3) is 66.8. The minimum Gasteiger partial charge on any atom is -0.462 e. The van der Waals surface area contributed by atoms with E-state index in [2.05, 4.69) is 130 Å². The molecule has 1 unspecified atom stereocenters. The van der Waals surface area contributed by atoms with Crippen molar-refractivity contribution in [2.45, 2.75) is 335 Å². The minimum absolute atomic E-state index is 0.0812. The normalized spacial score (nSPS) is 12.8. The zero-order valence-electron chi connectivity index (χ0n) is 53.3. The standard InChI is InChI=1S/C75H128O6/c1-4-7-10-13-16-19-22-25-27-29-31-33-35-36-37-38-40-41-43-45-47-50-53-56-59-62-65-68-74(77)80-71-72(70-79-73(76)67-64-61-58-55-52-49-24-21-18-15-12-9-6-3)81-75(78)69-66-63-60-57-54-51-48-46-44-42-39-34-32-30-28-26-23-20-17-14-11-8-5-2/h7-8,10-11,16-17,19-21,24-28,31-34,72H,4-6,9,12-15,18,22-23,29-30,35-71H2,1-3H3/b10-7-,11-8-,19-16-,20-17-,24-21-,27-25-,28-26-,33-31-,34-32-. The Hall–Kier alpha value is -3.93. The Balaban J connectivity index is 4.29. The molecule has 6 nitrogen and oxygen atoms in total. The summed E-state index contributed by atoms with van der Waals surface area (Å²) in [5, 5.41) is 0. The molecule has 0 aromatic rings. The van der Waals surface area contributed by atoms with E-state index in [9.17, 15) is 14.4 Å². The number of hydrogen-bond acceptors (Lipinski definition) is 6. The van der Waals surface area contributed by atoms with E-state index in [4.69, 9.17) is 14.2 Å². The Morgan fingerprint density at radius 3 is 0.765 bits per heavy atom. The number of ether oxygens (including phenoxy) is 3. The fourth-order valence-electron chi connectivity index (χ4n) is 9.66. The number of carbonyl (C=O) groups excluding carboxylic acids is 3. The summed E-state index contributed by atoms with van der Waals surface area (Å²) in [6.07, 6.45) is 93.9. The Bertz CT molecular complexity index is 1620. The summed E-state index contributed by atoms with van der Waals surface area (Å²) in [5.74, 6) is -0.883. The van der Waals surface area contributed by atoms with Gasteiger partial charge in [-0.15, -0.1) is 0 Å². The molecule has 0 spiro atoms. The van der Waals surface area contributed by atoms with Gasteiger partial charge in [0.05, 0.1) is 0 Å². The van der Waals surface area contributed by atoms with Crippen LogP contribution < -0.4 is 0 Å². The van der Waals surface area contributed by atoms with E-state index in [0.29, 0.717) is 19.3 Å². The third-order valence-electron chi connectivity index (χ3n) is 14.7. The van der Waals surface area contributed by atoms with Gasteiger partial charge in [0.1, 0.15) is 13.2 Å². The molecule has 0 bridgehead atoms. The third-order valence-corrected chi connectivity index (χ3v) is 14.7. The van der Waals surface area contributed by atoms with Crippen LogP contribution in [0, 0.1) is 0 Å². The summed E-state index contributed by atoms with van der Waals surface area (Å²) in [5.41, 5.74) is 0. The van der Waals surface area contributed by atoms with Gasteiger partial charge in [-0.2, -0.15) is 0 Å². The van der Waals surface area contributed by atoms with Crippen LogP contribution in [0.2, 0.25) is 0 Å². The van der Waals surface area contributed by atoms with Crippen molar-refractivity contribution in [3.8, 4) is 0 Å². The average Bonchev–Trinajstić information content (AvgIpc) is 3.46. The molecule has 6 heteroatoms. The van der Waals surface area contributed by atoms with E-state index < -0.39 is 6.10 Å². The van der Waals surface area contributed by atoms with Crippen LogP contribution in [0.1, 0.15) is 329 Å². The van der Waals surface area contributed by atoms with Crippen LogP contribution in [0.25, 0.3) is 0 Å². The molecular weight excluding hydrogens is 997 g/mol. The molecule has 0 saturated carbocycles. The summed E-state index contributed by atoms with van der Waals surface area (Å²) in [4.78, 5) is 38.4. The van der Waals surface area contributed by atoms with Gasteiger partial charge in [0.15, 0.2) is 6.10 Å². The molecule has 81 heavy (non-hydrogen) atoms. The summed E-state index contributed by atoms with van der Waals surface area (Å²) in [6, 6.07) is 0. The molecule has 0 radical (unpaired) electrons. The largest absolute Gasteiger partial charge is 0.462 e. The molecule has 0 fully saturated rings. The molecule has 0 aromatic heterocycles. The Morgan fingerprint density at radius 1 is 0.259 bits per heavy atom. The first kappa shape index (κ1) is 77.1. The van der Waals surface area contributed by atoms with Crippen molar-refractivity contribution in [1.82, 2.24) is 0 Å².